The normalized spacial score (nSPS) is 13.3. The van der Waals surface area contributed by atoms with Crippen LogP contribution in [0.15, 0.2) is 41.3 Å². The average molecular weight is 307 g/mol. The lowest BCUT2D eigenvalue weighted by atomic mass is 10.2. The van der Waals surface area contributed by atoms with E-state index in [1.807, 2.05) is 51.1 Å². The molecule has 21 heavy (non-hydrogen) atoms. The van der Waals surface area contributed by atoms with Gasteiger partial charge in [0.25, 0.3) is 0 Å². The van der Waals surface area contributed by atoms with Crippen LogP contribution >= 0.6 is 11.8 Å². The molecule has 0 heterocycles. The number of esters is 1. The number of carbonyl (C=O) groups excluding carboxylic acids is 1. The Morgan fingerprint density at radius 1 is 1.33 bits per heavy atom. The van der Waals surface area contributed by atoms with Gasteiger partial charge in [-0.25, -0.2) is 4.79 Å². The zero-order chi connectivity index (χ0) is 15.9. The molecule has 4 heteroatoms. The topological polar surface area (TPSA) is 52.3 Å². The Kier molecular flexibility index (Phi) is 6.82. The second-order valence-corrected chi connectivity index (χ2v) is 7.22. The molecular weight excluding hydrogens is 282 g/mol. The minimum absolute atomic E-state index is 0.256. The summed E-state index contributed by atoms with van der Waals surface area (Å²) in [7, 11) is 0. The summed E-state index contributed by atoms with van der Waals surface area (Å²) in [6, 6.07) is 7.79. The third-order valence-corrected chi connectivity index (χ3v) is 3.83. The van der Waals surface area contributed by atoms with Crippen molar-refractivity contribution in [2.45, 2.75) is 56.3 Å². The van der Waals surface area contributed by atoms with Crippen molar-refractivity contribution in [3.05, 3.63) is 36.4 Å². The van der Waals surface area contributed by atoms with Crippen LogP contribution in [0.4, 0.5) is 5.69 Å². The van der Waals surface area contributed by atoms with E-state index >= 15 is 0 Å². The number of hydrogen-bond donors (Lipinski definition) is 1. The quantitative estimate of drug-likeness (QED) is 0.366. The van der Waals surface area contributed by atoms with Crippen molar-refractivity contribution in [3.63, 3.8) is 0 Å². The molecule has 1 atom stereocenters. The summed E-state index contributed by atoms with van der Waals surface area (Å²) in [4.78, 5) is 12.9. The third-order valence-electron chi connectivity index (χ3n) is 2.59. The van der Waals surface area contributed by atoms with E-state index in [-0.39, 0.29) is 11.2 Å². The highest BCUT2D eigenvalue weighted by Crippen LogP contribution is 2.28. The fourth-order valence-corrected chi connectivity index (χ4v) is 2.88. The average Bonchev–Trinajstić information content (AvgIpc) is 2.37. The van der Waals surface area contributed by atoms with Gasteiger partial charge in [0, 0.05) is 21.9 Å². The second-order valence-electron chi connectivity index (χ2n) is 5.91. The van der Waals surface area contributed by atoms with Crippen LogP contribution in [-0.2, 0) is 9.53 Å². The second kappa shape index (κ2) is 8.13. The molecule has 0 amide bonds. The molecule has 0 fully saturated rings. The van der Waals surface area contributed by atoms with Gasteiger partial charge in [-0.2, -0.15) is 0 Å². The van der Waals surface area contributed by atoms with E-state index in [2.05, 4.69) is 6.92 Å². The van der Waals surface area contributed by atoms with E-state index in [9.17, 15) is 4.79 Å². The summed E-state index contributed by atoms with van der Waals surface area (Å²) >= 11 is 1.73. The molecule has 0 spiro atoms. The van der Waals surface area contributed by atoms with Crippen LogP contribution in [0.3, 0.4) is 0 Å². The van der Waals surface area contributed by atoms with Crippen LogP contribution in [0.5, 0.6) is 0 Å². The van der Waals surface area contributed by atoms with Gasteiger partial charge >= 0.3 is 5.97 Å². The number of nitrogen functional groups attached to an aromatic ring is 1. The van der Waals surface area contributed by atoms with Gasteiger partial charge in [-0.1, -0.05) is 19.4 Å². The van der Waals surface area contributed by atoms with Crippen LogP contribution in [-0.4, -0.2) is 16.8 Å². The van der Waals surface area contributed by atoms with E-state index < -0.39 is 5.60 Å². The number of anilines is 1. The molecule has 0 aromatic heterocycles. The Bertz CT molecular complexity index is 475. The fraction of sp³-hybridized carbons (Fsp3) is 0.471. The van der Waals surface area contributed by atoms with E-state index in [4.69, 9.17) is 10.5 Å². The maximum absolute atomic E-state index is 11.7. The Morgan fingerprint density at radius 2 is 1.95 bits per heavy atom. The van der Waals surface area contributed by atoms with Crippen LogP contribution in [0.25, 0.3) is 0 Å². The lowest BCUT2D eigenvalue weighted by Gasteiger charge is -2.18. The van der Waals surface area contributed by atoms with Crippen molar-refractivity contribution in [2.24, 2.45) is 0 Å². The molecule has 0 aliphatic rings. The Labute approximate surface area is 131 Å². The number of ether oxygens (including phenoxy) is 1. The van der Waals surface area contributed by atoms with Crippen molar-refractivity contribution in [1.82, 2.24) is 0 Å². The molecule has 0 saturated carbocycles. The predicted molar refractivity (Wildman–Crippen MR) is 90.4 cm³/mol. The van der Waals surface area contributed by atoms with Gasteiger partial charge in [0.1, 0.15) is 5.60 Å². The van der Waals surface area contributed by atoms with E-state index in [1.165, 1.54) is 6.08 Å². The summed E-state index contributed by atoms with van der Waals surface area (Å²) in [5.74, 6) is -0.290. The number of nitrogens with two attached hydrogens (primary N) is 1. The van der Waals surface area contributed by atoms with Crippen molar-refractivity contribution < 1.29 is 9.53 Å². The molecule has 1 rings (SSSR count). The van der Waals surface area contributed by atoms with Gasteiger partial charge in [-0.3, -0.25) is 0 Å². The first-order valence-electron chi connectivity index (χ1n) is 7.23. The first kappa shape index (κ1) is 17.6. The van der Waals surface area contributed by atoms with Gasteiger partial charge < -0.3 is 10.5 Å². The Hall–Kier alpha value is -1.42. The summed E-state index contributed by atoms with van der Waals surface area (Å²) in [5, 5.41) is 0.256. The van der Waals surface area contributed by atoms with Crippen molar-refractivity contribution in [3.8, 4) is 0 Å². The van der Waals surface area contributed by atoms with E-state index in [0.717, 1.165) is 23.4 Å². The SMILES string of the molecule is CCC[C@H](/C=C/C(=O)OC(C)(C)C)Sc1ccc(N)cc1. The van der Waals surface area contributed by atoms with Gasteiger partial charge in [-0.15, -0.1) is 11.8 Å². The van der Waals surface area contributed by atoms with Gasteiger partial charge in [0.05, 0.1) is 0 Å². The van der Waals surface area contributed by atoms with Crippen molar-refractivity contribution in [2.75, 3.05) is 5.73 Å². The molecule has 0 bridgehead atoms. The molecule has 0 saturated heterocycles. The number of hydrogen-bond acceptors (Lipinski definition) is 4. The number of benzene rings is 1. The maximum Gasteiger partial charge on any atom is 0.330 e. The van der Waals surface area contributed by atoms with Gasteiger partial charge in [0.2, 0.25) is 0 Å². The number of thioether (sulfide) groups is 1. The van der Waals surface area contributed by atoms with Crippen LogP contribution in [0, 0.1) is 0 Å². The van der Waals surface area contributed by atoms with Crippen molar-refractivity contribution in [1.29, 1.82) is 0 Å². The highest BCUT2D eigenvalue weighted by atomic mass is 32.2. The molecule has 1 aromatic carbocycles. The first-order valence-corrected chi connectivity index (χ1v) is 8.11. The molecule has 0 radical (unpaired) electrons. The smallest absolute Gasteiger partial charge is 0.330 e. The maximum atomic E-state index is 11.7. The molecule has 2 N–H and O–H groups in total. The monoisotopic (exact) mass is 307 g/mol. The Balaban J connectivity index is 2.64. The molecular formula is C17H25NO2S. The number of rotatable bonds is 6. The lowest BCUT2D eigenvalue weighted by molar-refractivity contribution is -0.148. The van der Waals surface area contributed by atoms with E-state index in [1.54, 1.807) is 11.8 Å². The van der Waals surface area contributed by atoms with Crippen LogP contribution in [0.1, 0.15) is 40.5 Å². The van der Waals surface area contributed by atoms with Crippen LogP contribution in [0.2, 0.25) is 0 Å². The summed E-state index contributed by atoms with van der Waals surface area (Å²) in [6.07, 6.45) is 5.54. The summed E-state index contributed by atoms with van der Waals surface area (Å²) < 4.78 is 5.28. The molecule has 116 valence electrons. The van der Waals surface area contributed by atoms with Gasteiger partial charge in [0.15, 0.2) is 0 Å². The minimum atomic E-state index is -0.453. The molecule has 1 aromatic rings. The first-order chi connectivity index (χ1) is 9.80. The highest BCUT2D eigenvalue weighted by molar-refractivity contribution is 8.00. The predicted octanol–water partition coefficient (Wildman–Crippen LogP) is 4.43. The van der Waals surface area contributed by atoms with E-state index in [0.29, 0.717) is 0 Å². The molecule has 3 nitrogen and oxygen atoms in total. The molecule has 0 aliphatic carbocycles. The Morgan fingerprint density at radius 3 is 2.48 bits per heavy atom. The lowest BCUT2D eigenvalue weighted by Crippen LogP contribution is -2.22. The fourth-order valence-electron chi connectivity index (χ4n) is 1.72. The number of carbonyl (C=O) groups is 1. The van der Waals surface area contributed by atoms with Crippen LogP contribution < -0.4 is 5.73 Å². The third kappa shape index (κ3) is 7.81. The highest BCUT2D eigenvalue weighted by Gasteiger charge is 2.14. The zero-order valence-electron chi connectivity index (χ0n) is 13.3. The summed E-state index contributed by atoms with van der Waals surface area (Å²) in [5.41, 5.74) is 6.00. The summed E-state index contributed by atoms with van der Waals surface area (Å²) in [6.45, 7) is 7.74. The largest absolute Gasteiger partial charge is 0.457 e. The van der Waals surface area contributed by atoms with Gasteiger partial charge in [-0.05, 0) is 51.5 Å². The zero-order valence-corrected chi connectivity index (χ0v) is 14.1. The minimum Gasteiger partial charge on any atom is -0.457 e. The molecule has 0 unspecified atom stereocenters. The standard InChI is InChI=1S/C17H25NO2S/c1-5-6-14(11-12-16(19)20-17(2,3)4)21-15-9-7-13(18)8-10-15/h7-12,14H,5-6,18H2,1-4H3/b12-11+/t14-/m1/s1. The molecule has 0 aliphatic heterocycles. The van der Waals surface area contributed by atoms with Crippen molar-refractivity contribution >= 4 is 23.4 Å².